The maximum absolute atomic E-state index is 13.6. The first kappa shape index (κ1) is 13.5. The summed E-state index contributed by atoms with van der Waals surface area (Å²) in [6.45, 7) is 1.76. The van der Waals surface area contributed by atoms with Crippen molar-refractivity contribution in [3.63, 3.8) is 0 Å². The van der Waals surface area contributed by atoms with Gasteiger partial charge in [-0.2, -0.15) is 0 Å². The standard InChI is InChI=1S/C14H11BrFNO2/c1-9-7-12(16)13(8-11(9)15)17-14(18)19-10-5-3-2-4-6-10/h2-8H,1H3,(H,17,18). The molecule has 0 radical (unpaired) electrons. The van der Waals surface area contributed by atoms with Crippen LogP contribution in [0.4, 0.5) is 14.9 Å². The summed E-state index contributed by atoms with van der Waals surface area (Å²) in [5, 5.41) is 2.36. The number of hydrogen-bond acceptors (Lipinski definition) is 2. The van der Waals surface area contributed by atoms with E-state index >= 15 is 0 Å². The van der Waals surface area contributed by atoms with E-state index in [-0.39, 0.29) is 5.69 Å². The van der Waals surface area contributed by atoms with Gasteiger partial charge in [-0.3, -0.25) is 5.32 Å². The number of anilines is 1. The third-order valence-corrected chi connectivity index (χ3v) is 3.29. The molecule has 0 aromatic heterocycles. The predicted octanol–water partition coefficient (Wildman–Crippen LogP) is 4.51. The first-order valence-electron chi connectivity index (χ1n) is 5.56. The van der Waals surface area contributed by atoms with Gasteiger partial charge in [0.05, 0.1) is 5.69 Å². The van der Waals surface area contributed by atoms with E-state index in [2.05, 4.69) is 21.2 Å². The normalized spacial score (nSPS) is 10.1. The smallest absolute Gasteiger partial charge is 0.410 e. The summed E-state index contributed by atoms with van der Waals surface area (Å²) in [7, 11) is 0. The van der Waals surface area contributed by atoms with E-state index in [0.29, 0.717) is 10.2 Å². The van der Waals surface area contributed by atoms with Crippen LogP contribution in [-0.2, 0) is 0 Å². The molecule has 0 fully saturated rings. The molecule has 0 spiro atoms. The van der Waals surface area contributed by atoms with Crippen LogP contribution in [0.1, 0.15) is 5.56 Å². The fraction of sp³-hybridized carbons (Fsp3) is 0.0714. The number of carbonyl (C=O) groups excluding carboxylic acids is 1. The van der Waals surface area contributed by atoms with Crippen LogP contribution >= 0.6 is 15.9 Å². The minimum atomic E-state index is -0.735. The van der Waals surface area contributed by atoms with E-state index < -0.39 is 11.9 Å². The summed E-state index contributed by atoms with van der Waals surface area (Å²) in [6, 6.07) is 11.4. The van der Waals surface area contributed by atoms with Crippen molar-refractivity contribution in [2.24, 2.45) is 0 Å². The molecule has 0 aliphatic carbocycles. The molecule has 2 aromatic rings. The first-order valence-corrected chi connectivity index (χ1v) is 6.35. The van der Waals surface area contributed by atoms with Crippen LogP contribution in [0.2, 0.25) is 0 Å². The van der Waals surface area contributed by atoms with Crippen LogP contribution in [0.25, 0.3) is 0 Å². The van der Waals surface area contributed by atoms with Crippen molar-refractivity contribution >= 4 is 27.7 Å². The largest absolute Gasteiger partial charge is 0.417 e. The lowest BCUT2D eigenvalue weighted by Gasteiger charge is -2.09. The summed E-state index contributed by atoms with van der Waals surface area (Å²) in [5.74, 6) is -0.114. The Morgan fingerprint density at radius 1 is 1.26 bits per heavy atom. The average molecular weight is 324 g/mol. The third-order valence-electron chi connectivity index (χ3n) is 2.44. The second kappa shape index (κ2) is 5.84. The lowest BCUT2D eigenvalue weighted by molar-refractivity contribution is 0.215. The molecule has 1 amide bonds. The number of ether oxygens (including phenoxy) is 1. The van der Waals surface area contributed by atoms with Crippen molar-refractivity contribution in [1.82, 2.24) is 0 Å². The Hall–Kier alpha value is -1.88. The summed E-state index contributed by atoms with van der Waals surface area (Å²) >= 11 is 3.28. The van der Waals surface area contributed by atoms with Gasteiger partial charge in [0, 0.05) is 4.47 Å². The topological polar surface area (TPSA) is 38.3 Å². The number of aryl methyl sites for hydroxylation is 1. The fourth-order valence-electron chi connectivity index (χ4n) is 1.47. The van der Waals surface area contributed by atoms with E-state index in [9.17, 15) is 9.18 Å². The molecule has 1 N–H and O–H groups in total. The number of amides is 1. The van der Waals surface area contributed by atoms with Crippen LogP contribution < -0.4 is 10.1 Å². The zero-order chi connectivity index (χ0) is 13.8. The average Bonchev–Trinajstić information content (AvgIpc) is 2.37. The number of nitrogens with one attached hydrogen (secondary N) is 1. The molecule has 0 atom stereocenters. The van der Waals surface area contributed by atoms with Gasteiger partial charge in [0.25, 0.3) is 0 Å². The van der Waals surface area contributed by atoms with E-state index in [1.165, 1.54) is 12.1 Å². The van der Waals surface area contributed by atoms with Crippen molar-refractivity contribution in [2.45, 2.75) is 6.92 Å². The SMILES string of the molecule is Cc1cc(F)c(NC(=O)Oc2ccccc2)cc1Br. The highest BCUT2D eigenvalue weighted by Crippen LogP contribution is 2.24. The number of benzene rings is 2. The van der Waals surface area contributed by atoms with Crippen LogP contribution in [0.5, 0.6) is 5.75 Å². The molecule has 0 saturated carbocycles. The minimum absolute atomic E-state index is 0.0680. The molecule has 0 aliphatic heterocycles. The van der Waals surface area contributed by atoms with Gasteiger partial charge < -0.3 is 4.74 Å². The van der Waals surface area contributed by atoms with Crippen molar-refractivity contribution < 1.29 is 13.9 Å². The minimum Gasteiger partial charge on any atom is -0.410 e. The number of carbonyl (C=O) groups is 1. The van der Waals surface area contributed by atoms with Gasteiger partial charge in [-0.05, 0) is 36.8 Å². The van der Waals surface area contributed by atoms with Gasteiger partial charge in [0.15, 0.2) is 0 Å². The number of halogens is 2. The second-order valence-corrected chi connectivity index (χ2v) is 4.76. The highest BCUT2D eigenvalue weighted by molar-refractivity contribution is 9.10. The summed E-state index contributed by atoms with van der Waals surface area (Å²) in [6.07, 6.45) is -0.735. The molecule has 0 bridgehead atoms. The van der Waals surface area contributed by atoms with E-state index in [1.807, 2.05) is 6.07 Å². The zero-order valence-corrected chi connectivity index (χ0v) is 11.7. The molecule has 98 valence electrons. The first-order chi connectivity index (χ1) is 9.06. The lowest BCUT2D eigenvalue weighted by atomic mass is 10.2. The summed E-state index contributed by atoms with van der Waals surface area (Å²) < 4.78 is 19.4. The van der Waals surface area contributed by atoms with E-state index in [4.69, 9.17) is 4.74 Å². The molecular weight excluding hydrogens is 313 g/mol. The highest BCUT2D eigenvalue weighted by Gasteiger charge is 2.10. The van der Waals surface area contributed by atoms with Crippen LogP contribution in [-0.4, -0.2) is 6.09 Å². The summed E-state index contributed by atoms with van der Waals surface area (Å²) in [5.41, 5.74) is 0.817. The number of hydrogen-bond donors (Lipinski definition) is 1. The Kier molecular flexibility index (Phi) is 4.16. The van der Waals surface area contributed by atoms with Crippen molar-refractivity contribution in [1.29, 1.82) is 0 Å². The van der Waals surface area contributed by atoms with Crippen molar-refractivity contribution in [3.05, 3.63) is 58.3 Å². The quantitative estimate of drug-likeness (QED) is 0.883. The van der Waals surface area contributed by atoms with Gasteiger partial charge in [-0.15, -0.1) is 0 Å². The molecule has 0 aliphatic rings. The van der Waals surface area contributed by atoms with Gasteiger partial charge in [0.1, 0.15) is 11.6 Å². The van der Waals surface area contributed by atoms with Gasteiger partial charge in [-0.1, -0.05) is 34.1 Å². The molecule has 19 heavy (non-hydrogen) atoms. The van der Waals surface area contributed by atoms with Gasteiger partial charge in [0.2, 0.25) is 0 Å². The number of para-hydroxylation sites is 1. The van der Waals surface area contributed by atoms with Gasteiger partial charge in [-0.25, -0.2) is 9.18 Å². The van der Waals surface area contributed by atoms with E-state index in [0.717, 1.165) is 5.56 Å². The maximum Gasteiger partial charge on any atom is 0.417 e. The Balaban J connectivity index is 2.09. The Bertz CT molecular complexity index is 602. The molecule has 5 heteroatoms. The Morgan fingerprint density at radius 2 is 1.95 bits per heavy atom. The zero-order valence-electron chi connectivity index (χ0n) is 10.1. The molecule has 2 aromatic carbocycles. The Labute approximate surface area is 118 Å². The molecule has 0 heterocycles. The molecule has 2 rings (SSSR count). The molecule has 0 saturated heterocycles. The fourth-order valence-corrected chi connectivity index (χ4v) is 1.82. The third kappa shape index (κ3) is 3.54. The molecule has 0 unspecified atom stereocenters. The van der Waals surface area contributed by atoms with Crippen LogP contribution in [0, 0.1) is 12.7 Å². The predicted molar refractivity (Wildman–Crippen MR) is 74.9 cm³/mol. The van der Waals surface area contributed by atoms with Crippen LogP contribution in [0.15, 0.2) is 46.9 Å². The van der Waals surface area contributed by atoms with Crippen molar-refractivity contribution in [2.75, 3.05) is 5.32 Å². The van der Waals surface area contributed by atoms with Crippen LogP contribution in [0.3, 0.4) is 0 Å². The van der Waals surface area contributed by atoms with E-state index in [1.54, 1.807) is 31.2 Å². The monoisotopic (exact) mass is 323 g/mol. The van der Waals surface area contributed by atoms with Gasteiger partial charge >= 0.3 is 6.09 Å². The Morgan fingerprint density at radius 3 is 2.63 bits per heavy atom. The molecular formula is C14H11BrFNO2. The number of rotatable bonds is 2. The van der Waals surface area contributed by atoms with Crippen molar-refractivity contribution in [3.8, 4) is 5.75 Å². The lowest BCUT2D eigenvalue weighted by Crippen LogP contribution is -2.17. The second-order valence-electron chi connectivity index (χ2n) is 3.91. The maximum atomic E-state index is 13.6. The highest BCUT2D eigenvalue weighted by atomic mass is 79.9. The molecule has 3 nitrogen and oxygen atoms in total. The summed E-state index contributed by atoms with van der Waals surface area (Å²) in [4.78, 5) is 11.6.